The molecule has 0 radical (unpaired) electrons. The van der Waals surface area contributed by atoms with Crippen molar-refractivity contribution in [2.75, 3.05) is 11.5 Å². The molecule has 2 unspecified atom stereocenters. The van der Waals surface area contributed by atoms with Crippen molar-refractivity contribution in [2.24, 2.45) is 11.7 Å². The monoisotopic (exact) mass is 267 g/mol. The lowest BCUT2D eigenvalue weighted by Gasteiger charge is -2.15. The van der Waals surface area contributed by atoms with Crippen LogP contribution in [0.1, 0.15) is 24.0 Å². The number of rotatable bonds is 4. The highest BCUT2D eigenvalue weighted by Gasteiger charge is 2.28. The van der Waals surface area contributed by atoms with Crippen molar-refractivity contribution in [3.63, 3.8) is 0 Å². The SMILES string of the molecule is Cc1cccc(CC(N)CC2CCS(=O)(=O)C2)c1. The van der Waals surface area contributed by atoms with Gasteiger partial charge in [-0.1, -0.05) is 29.8 Å². The van der Waals surface area contributed by atoms with E-state index in [2.05, 4.69) is 25.1 Å². The van der Waals surface area contributed by atoms with Crippen LogP contribution >= 0.6 is 0 Å². The molecule has 1 aromatic carbocycles. The Kier molecular flexibility index (Phi) is 4.07. The zero-order valence-corrected chi connectivity index (χ0v) is 11.6. The Hall–Kier alpha value is -0.870. The first-order chi connectivity index (χ1) is 8.44. The first-order valence-electron chi connectivity index (χ1n) is 6.46. The molecule has 0 bridgehead atoms. The van der Waals surface area contributed by atoms with E-state index in [0.717, 1.165) is 19.3 Å². The predicted octanol–water partition coefficient (Wildman–Crippen LogP) is 1.69. The van der Waals surface area contributed by atoms with Gasteiger partial charge in [-0.05, 0) is 37.7 Å². The molecule has 1 aromatic rings. The van der Waals surface area contributed by atoms with E-state index < -0.39 is 9.84 Å². The van der Waals surface area contributed by atoms with Crippen LogP contribution in [0.3, 0.4) is 0 Å². The quantitative estimate of drug-likeness (QED) is 0.903. The third kappa shape index (κ3) is 3.82. The summed E-state index contributed by atoms with van der Waals surface area (Å²) in [5.74, 6) is 0.929. The molecule has 0 saturated carbocycles. The fourth-order valence-electron chi connectivity index (χ4n) is 2.71. The molecule has 1 saturated heterocycles. The van der Waals surface area contributed by atoms with Crippen molar-refractivity contribution in [2.45, 2.75) is 32.2 Å². The second kappa shape index (κ2) is 5.41. The van der Waals surface area contributed by atoms with Crippen molar-refractivity contribution < 1.29 is 8.42 Å². The van der Waals surface area contributed by atoms with Gasteiger partial charge in [0.05, 0.1) is 11.5 Å². The predicted molar refractivity (Wildman–Crippen MR) is 74.2 cm³/mol. The van der Waals surface area contributed by atoms with Gasteiger partial charge in [0.25, 0.3) is 0 Å². The van der Waals surface area contributed by atoms with E-state index in [4.69, 9.17) is 5.73 Å². The van der Waals surface area contributed by atoms with Crippen LogP contribution in [0.5, 0.6) is 0 Å². The van der Waals surface area contributed by atoms with Gasteiger partial charge in [-0.15, -0.1) is 0 Å². The number of nitrogens with two attached hydrogens (primary N) is 1. The van der Waals surface area contributed by atoms with Crippen LogP contribution < -0.4 is 5.73 Å². The summed E-state index contributed by atoms with van der Waals surface area (Å²) >= 11 is 0. The molecule has 1 fully saturated rings. The van der Waals surface area contributed by atoms with Gasteiger partial charge in [0.2, 0.25) is 0 Å². The molecule has 0 aliphatic carbocycles. The average molecular weight is 267 g/mol. The Morgan fingerprint density at radius 2 is 2.22 bits per heavy atom. The van der Waals surface area contributed by atoms with Gasteiger partial charge < -0.3 is 5.73 Å². The van der Waals surface area contributed by atoms with Crippen LogP contribution in [-0.2, 0) is 16.3 Å². The first kappa shape index (κ1) is 13.6. The Morgan fingerprint density at radius 3 is 2.83 bits per heavy atom. The van der Waals surface area contributed by atoms with Crippen LogP contribution in [-0.4, -0.2) is 26.0 Å². The second-order valence-corrected chi connectivity index (χ2v) is 7.69. The van der Waals surface area contributed by atoms with E-state index in [-0.39, 0.29) is 12.0 Å². The van der Waals surface area contributed by atoms with Gasteiger partial charge in [0.15, 0.2) is 9.84 Å². The van der Waals surface area contributed by atoms with Gasteiger partial charge in [0.1, 0.15) is 0 Å². The summed E-state index contributed by atoms with van der Waals surface area (Å²) < 4.78 is 22.8. The highest BCUT2D eigenvalue weighted by molar-refractivity contribution is 7.91. The summed E-state index contributed by atoms with van der Waals surface area (Å²) in [6.45, 7) is 2.07. The maximum atomic E-state index is 11.4. The van der Waals surface area contributed by atoms with Crippen molar-refractivity contribution in [3.05, 3.63) is 35.4 Å². The highest BCUT2D eigenvalue weighted by atomic mass is 32.2. The number of aryl methyl sites for hydroxylation is 1. The number of hydrogen-bond donors (Lipinski definition) is 1. The maximum absolute atomic E-state index is 11.4. The topological polar surface area (TPSA) is 60.2 Å². The Morgan fingerprint density at radius 1 is 1.44 bits per heavy atom. The molecule has 2 N–H and O–H groups in total. The maximum Gasteiger partial charge on any atom is 0.150 e. The normalized spacial score (nSPS) is 24.0. The molecule has 0 aromatic heterocycles. The third-order valence-corrected chi connectivity index (χ3v) is 5.38. The van der Waals surface area contributed by atoms with Crippen LogP contribution in [0.15, 0.2) is 24.3 Å². The molecule has 1 aliphatic rings. The number of hydrogen-bond acceptors (Lipinski definition) is 3. The fourth-order valence-corrected chi connectivity index (χ4v) is 4.59. The van der Waals surface area contributed by atoms with E-state index in [1.54, 1.807) is 0 Å². The first-order valence-corrected chi connectivity index (χ1v) is 8.28. The highest BCUT2D eigenvalue weighted by Crippen LogP contribution is 2.23. The molecule has 100 valence electrons. The van der Waals surface area contributed by atoms with E-state index in [9.17, 15) is 8.42 Å². The zero-order chi connectivity index (χ0) is 13.2. The Labute approximate surface area is 109 Å². The lowest BCUT2D eigenvalue weighted by Crippen LogP contribution is -2.26. The smallest absolute Gasteiger partial charge is 0.150 e. The third-order valence-electron chi connectivity index (χ3n) is 3.54. The van der Waals surface area contributed by atoms with Gasteiger partial charge >= 0.3 is 0 Å². The summed E-state index contributed by atoms with van der Waals surface area (Å²) in [5, 5.41) is 0. The van der Waals surface area contributed by atoms with Gasteiger partial charge in [-0.2, -0.15) is 0 Å². The average Bonchev–Trinajstić information content (AvgIpc) is 2.57. The number of benzene rings is 1. The van der Waals surface area contributed by atoms with Gasteiger partial charge in [-0.3, -0.25) is 0 Å². The summed E-state index contributed by atoms with van der Waals surface area (Å²) in [5.41, 5.74) is 8.61. The minimum Gasteiger partial charge on any atom is -0.327 e. The molecule has 2 atom stereocenters. The molecule has 4 heteroatoms. The van der Waals surface area contributed by atoms with Crippen LogP contribution in [0.4, 0.5) is 0 Å². The fraction of sp³-hybridized carbons (Fsp3) is 0.571. The Balaban J connectivity index is 1.88. The van der Waals surface area contributed by atoms with Crippen molar-refractivity contribution in [3.8, 4) is 0 Å². The van der Waals surface area contributed by atoms with Gasteiger partial charge in [-0.25, -0.2) is 8.42 Å². The zero-order valence-electron chi connectivity index (χ0n) is 10.8. The Bertz CT molecular complexity index is 510. The standard InChI is InChI=1S/C14H21NO2S/c1-11-3-2-4-12(7-11)8-14(15)9-13-5-6-18(16,17)10-13/h2-4,7,13-14H,5-6,8-10,15H2,1H3. The van der Waals surface area contributed by atoms with Crippen molar-refractivity contribution in [1.82, 2.24) is 0 Å². The minimum absolute atomic E-state index is 0.0603. The molecule has 0 amide bonds. The summed E-state index contributed by atoms with van der Waals surface area (Å²) in [4.78, 5) is 0. The molecule has 3 nitrogen and oxygen atoms in total. The van der Waals surface area contributed by atoms with E-state index in [0.29, 0.717) is 11.5 Å². The second-order valence-electron chi connectivity index (χ2n) is 5.46. The van der Waals surface area contributed by atoms with E-state index in [1.165, 1.54) is 11.1 Å². The largest absolute Gasteiger partial charge is 0.327 e. The molecular formula is C14H21NO2S. The summed E-state index contributed by atoms with van der Waals surface area (Å²) in [6, 6.07) is 8.39. The van der Waals surface area contributed by atoms with Crippen LogP contribution in [0, 0.1) is 12.8 Å². The van der Waals surface area contributed by atoms with E-state index in [1.807, 2.05) is 6.07 Å². The summed E-state index contributed by atoms with van der Waals surface area (Å²) in [7, 11) is -2.78. The van der Waals surface area contributed by atoms with Crippen molar-refractivity contribution in [1.29, 1.82) is 0 Å². The molecular weight excluding hydrogens is 246 g/mol. The molecule has 0 spiro atoms. The lowest BCUT2D eigenvalue weighted by molar-refractivity contribution is 0.468. The van der Waals surface area contributed by atoms with Crippen molar-refractivity contribution >= 4 is 9.84 Å². The lowest BCUT2D eigenvalue weighted by atomic mass is 9.95. The van der Waals surface area contributed by atoms with E-state index >= 15 is 0 Å². The molecule has 2 rings (SSSR count). The number of sulfone groups is 1. The molecule has 1 heterocycles. The van der Waals surface area contributed by atoms with Gasteiger partial charge in [0, 0.05) is 6.04 Å². The summed E-state index contributed by atoms with van der Waals surface area (Å²) in [6.07, 6.45) is 2.43. The molecule has 18 heavy (non-hydrogen) atoms. The van der Waals surface area contributed by atoms with Crippen LogP contribution in [0.2, 0.25) is 0 Å². The van der Waals surface area contributed by atoms with Crippen LogP contribution in [0.25, 0.3) is 0 Å². The molecule has 1 aliphatic heterocycles. The minimum atomic E-state index is -2.78.